The Morgan fingerprint density at radius 2 is 1.79 bits per heavy atom. The third-order valence-corrected chi connectivity index (χ3v) is 5.04. The van der Waals surface area contributed by atoms with Crippen LogP contribution in [0.15, 0.2) is 30.5 Å². The molecule has 0 atom stereocenters. The number of nitriles is 1. The summed E-state index contributed by atoms with van der Waals surface area (Å²) in [5, 5.41) is 15.4. The first-order valence-corrected chi connectivity index (χ1v) is 9.55. The number of carbonyl (C=O) groups is 1. The van der Waals surface area contributed by atoms with Gasteiger partial charge < -0.3 is 15.5 Å². The minimum atomic E-state index is -0.0848. The van der Waals surface area contributed by atoms with E-state index in [1.54, 1.807) is 24.3 Å². The first-order chi connectivity index (χ1) is 13.5. The Balaban J connectivity index is 1.51. The third-order valence-electron chi connectivity index (χ3n) is 5.04. The summed E-state index contributed by atoms with van der Waals surface area (Å²) in [6, 6.07) is 9.25. The Labute approximate surface area is 165 Å². The van der Waals surface area contributed by atoms with Crippen LogP contribution < -0.4 is 15.5 Å². The molecule has 0 saturated heterocycles. The quantitative estimate of drug-likeness (QED) is 0.831. The molecule has 0 aliphatic heterocycles. The van der Waals surface area contributed by atoms with E-state index in [-0.39, 0.29) is 11.9 Å². The van der Waals surface area contributed by atoms with Crippen molar-refractivity contribution in [1.82, 2.24) is 15.3 Å². The maximum Gasteiger partial charge on any atom is 0.251 e. The second-order valence-corrected chi connectivity index (χ2v) is 7.45. The van der Waals surface area contributed by atoms with Crippen LogP contribution in [0.3, 0.4) is 0 Å². The van der Waals surface area contributed by atoms with Crippen LogP contribution in [0.25, 0.3) is 0 Å². The van der Waals surface area contributed by atoms with Gasteiger partial charge in [-0.15, -0.1) is 0 Å². The molecule has 0 bridgehead atoms. The molecule has 3 rings (SSSR count). The molecular weight excluding hydrogens is 352 g/mol. The number of aryl methyl sites for hydroxylation is 1. The SMILES string of the molecule is Cc1cnc(N[C@H]2CC[C@@H](NC(=O)c3ccc(C#N)cc3)CC2)nc1N(C)C. The smallest absolute Gasteiger partial charge is 0.251 e. The Morgan fingerprint density at radius 3 is 2.39 bits per heavy atom. The number of aromatic nitrogens is 2. The summed E-state index contributed by atoms with van der Waals surface area (Å²) < 4.78 is 0. The molecule has 146 valence electrons. The number of nitrogens with one attached hydrogen (secondary N) is 2. The Bertz CT molecular complexity index is 863. The number of amides is 1. The van der Waals surface area contributed by atoms with E-state index in [2.05, 4.69) is 26.7 Å². The van der Waals surface area contributed by atoms with E-state index in [1.807, 2.05) is 32.1 Å². The van der Waals surface area contributed by atoms with Gasteiger partial charge in [0, 0.05) is 43.5 Å². The van der Waals surface area contributed by atoms with Crippen LogP contribution in [-0.2, 0) is 0 Å². The van der Waals surface area contributed by atoms with Crippen LogP contribution >= 0.6 is 0 Å². The molecule has 1 aliphatic rings. The zero-order valence-corrected chi connectivity index (χ0v) is 16.6. The largest absolute Gasteiger partial charge is 0.362 e. The lowest BCUT2D eigenvalue weighted by Gasteiger charge is -2.30. The Morgan fingerprint density at radius 1 is 1.14 bits per heavy atom. The second-order valence-electron chi connectivity index (χ2n) is 7.45. The second kappa shape index (κ2) is 8.70. The molecule has 0 radical (unpaired) electrons. The van der Waals surface area contributed by atoms with Gasteiger partial charge >= 0.3 is 0 Å². The van der Waals surface area contributed by atoms with Crippen LogP contribution in [0.2, 0.25) is 0 Å². The van der Waals surface area contributed by atoms with Gasteiger partial charge in [0.25, 0.3) is 5.91 Å². The normalized spacial score (nSPS) is 18.8. The molecule has 1 heterocycles. The molecule has 1 saturated carbocycles. The van der Waals surface area contributed by atoms with Crippen LogP contribution in [0, 0.1) is 18.3 Å². The van der Waals surface area contributed by atoms with Crippen molar-refractivity contribution in [3.05, 3.63) is 47.2 Å². The van der Waals surface area contributed by atoms with E-state index >= 15 is 0 Å². The van der Waals surface area contributed by atoms with Gasteiger partial charge in [-0.25, -0.2) is 4.98 Å². The van der Waals surface area contributed by atoms with Crippen LogP contribution in [-0.4, -0.2) is 42.1 Å². The van der Waals surface area contributed by atoms with Crippen molar-refractivity contribution >= 4 is 17.7 Å². The van der Waals surface area contributed by atoms with E-state index in [9.17, 15) is 4.79 Å². The highest BCUT2D eigenvalue weighted by atomic mass is 16.1. The lowest BCUT2D eigenvalue weighted by molar-refractivity contribution is 0.0926. The lowest BCUT2D eigenvalue weighted by Crippen LogP contribution is -2.40. The van der Waals surface area contributed by atoms with Gasteiger partial charge in [-0.2, -0.15) is 10.2 Å². The highest BCUT2D eigenvalue weighted by Gasteiger charge is 2.23. The topological polar surface area (TPSA) is 93.9 Å². The van der Waals surface area contributed by atoms with E-state index < -0.39 is 0 Å². The number of benzene rings is 1. The molecule has 2 aromatic rings. The number of nitrogens with zero attached hydrogens (tertiary/aromatic N) is 4. The van der Waals surface area contributed by atoms with Gasteiger partial charge in [-0.05, 0) is 56.9 Å². The fraction of sp³-hybridized carbons (Fsp3) is 0.429. The van der Waals surface area contributed by atoms with Gasteiger partial charge in [0.15, 0.2) is 0 Å². The minimum absolute atomic E-state index is 0.0848. The van der Waals surface area contributed by atoms with Crippen molar-refractivity contribution < 1.29 is 4.79 Å². The zero-order valence-electron chi connectivity index (χ0n) is 16.6. The van der Waals surface area contributed by atoms with Crippen LogP contribution in [0.4, 0.5) is 11.8 Å². The van der Waals surface area contributed by atoms with Crippen molar-refractivity contribution in [2.75, 3.05) is 24.3 Å². The highest BCUT2D eigenvalue weighted by Crippen LogP contribution is 2.23. The molecule has 7 heteroatoms. The van der Waals surface area contributed by atoms with E-state index in [1.165, 1.54) is 0 Å². The molecule has 1 fully saturated rings. The van der Waals surface area contributed by atoms with Crippen LogP contribution in [0.1, 0.15) is 47.2 Å². The predicted molar refractivity (Wildman–Crippen MR) is 109 cm³/mol. The van der Waals surface area contributed by atoms with Crippen molar-refractivity contribution in [2.45, 2.75) is 44.7 Å². The van der Waals surface area contributed by atoms with E-state index in [4.69, 9.17) is 5.26 Å². The fourth-order valence-corrected chi connectivity index (χ4v) is 3.48. The number of carbonyl (C=O) groups excluding carboxylic acids is 1. The van der Waals surface area contributed by atoms with Crippen molar-refractivity contribution in [2.24, 2.45) is 0 Å². The standard InChI is InChI=1S/C21H26N6O/c1-14-13-23-21(26-19(14)27(2)3)25-18-10-8-17(9-11-18)24-20(28)16-6-4-15(12-22)5-7-16/h4-7,13,17-18H,8-11H2,1-3H3,(H,24,28)(H,23,25,26)/t17-,18+. The molecule has 2 N–H and O–H groups in total. The maximum absolute atomic E-state index is 12.4. The Hall–Kier alpha value is -3.14. The van der Waals surface area contributed by atoms with Gasteiger partial charge in [0.05, 0.1) is 11.6 Å². The number of anilines is 2. The molecule has 1 aromatic carbocycles. The van der Waals surface area contributed by atoms with Crippen LogP contribution in [0.5, 0.6) is 0 Å². The summed E-state index contributed by atoms with van der Waals surface area (Å²) in [7, 11) is 3.95. The van der Waals surface area contributed by atoms with Crippen molar-refractivity contribution in [3.8, 4) is 6.07 Å². The molecule has 0 spiro atoms. The van der Waals surface area contributed by atoms with Crippen molar-refractivity contribution in [3.63, 3.8) is 0 Å². The first-order valence-electron chi connectivity index (χ1n) is 9.55. The number of hydrogen-bond acceptors (Lipinski definition) is 6. The Kier molecular flexibility index (Phi) is 6.09. The molecule has 28 heavy (non-hydrogen) atoms. The number of rotatable bonds is 5. The predicted octanol–water partition coefficient (Wildman–Crippen LogP) is 2.88. The van der Waals surface area contributed by atoms with Gasteiger partial charge in [0.1, 0.15) is 5.82 Å². The zero-order chi connectivity index (χ0) is 20.1. The summed E-state index contributed by atoms with van der Waals surface area (Å²) in [5.74, 6) is 1.48. The number of hydrogen-bond donors (Lipinski definition) is 2. The average Bonchev–Trinajstić information content (AvgIpc) is 2.70. The van der Waals surface area contributed by atoms with Gasteiger partial charge in [-0.1, -0.05) is 0 Å². The average molecular weight is 378 g/mol. The summed E-state index contributed by atoms with van der Waals surface area (Å²) in [6.07, 6.45) is 5.56. The lowest BCUT2D eigenvalue weighted by atomic mass is 9.91. The van der Waals surface area contributed by atoms with Gasteiger partial charge in [-0.3, -0.25) is 4.79 Å². The van der Waals surface area contributed by atoms with E-state index in [0.29, 0.717) is 23.1 Å². The molecule has 0 unspecified atom stereocenters. The summed E-state index contributed by atoms with van der Waals surface area (Å²) >= 11 is 0. The third kappa shape index (κ3) is 4.77. The molecule has 1 aliphatic carbocycles. The fourth-order valence-electron chi connectivity index (χ4n) is 3.48. The first kappa shape index (κ1) is 19.6. The minimum Gasteiger partial charge on any atom is -0.362 e. The monoisotopic (exact) mass is 378 g/mol. The van der Waals surface area contributed by atoms with Crippen molar-refractivity contribution in [1.29, 1.82) is 5.26 Å². The van der Waals surface area contributed by atoms with Gasteiger partial charge in [0.2, 0.25) is 5.95 Å². The van der Waals surface area contributed by atoms with E-state index in [0.717, 1.165) is 37.1 Å². The summed E-state index contributed by atoms with van der Waals surface area (Å²) in [6.45, 7) is 2.00. The molecule has 1 aromatic heterocycles. The molecule has 1 amide bonds. The summed E-state index contributed by atoms with van der Waals surface area (Å²) in [4.78, 5) is 23.4. The molecular formula is C21H26N6O. The molecule has 7 nitrogen and oxygen atoms in total. The highest BCUT2D eigenvalue weighted by molar-refractivity contribution is 5.94. The summed E-state index contributed by atoms with van der Waals surface area (Å²) in [5.41, 5.74) is 2.19. The maximum atomic E-state index is 12.4.